The smallest absolute Gasteiger partial charge is 0.229 e. The molecule has 1 aromatic heterocycles. The number of carbonyl (C=O) groups excluding carboxylic acids is 2. The minimum absolute atomic E-state index is 0.0484. The van der Waals surface area contributed by atoms with Gasteiger partial charge >= 0.3 is 0 Å². The molecule has 3 rings (SSSR count). The molecule has 0 spiro atoms. The van der Waals surface area contributed by atoms with Crippen molar-refractivity contribution in [2.75, 3.05) is 5.32 Å². The van der Waals surface area contributed by atoms with Gasteiger partial charge in [0.2, 0.25) is 5.91 Å². The zero-order chi connectivity index (χ0) is 17.5. The van der Waals surface area contributed by atoms with Gasteiger partial charge in [0.1, 0.15) is 0 Å². The summed E-state index contributed by atoms with van der Waals surface area (Å²) in [7, 11) is 0. The molecule has 1 amide bonds. The highest BCUT2D eigenvalue weighted by molar-refractivity contribution is 7.10. The average molecular weight is 347 g/mol. The Morgan fingerprint density at radius 1 is 0.960 bits per heavy atom. The third-order valence-corrected chi connectivity index (χ3v) is 4.45. The molecule has 3 aromatic rings. The van der Waals surface area contributed by atoms with E-state index in [1.165, 1.54) is 0 Å². The van der Waals surface area contributed by atoms with E-state index in [2.05, 4.69) is 5.32 Å². The molecule has 3 nitrogen and oxygen atoms in total. The number of rotatable bonds is 6. The number of hydrogen-bond donors (Lipinski definition) is 1. The van der Waals surface area contributed by atoms with E-state index in [-0.39, 0.29) is 11.7 Å². The van der Waals surface area contributed by atoms with Gasteiger partial charge in [0.05, 0.1) is 6.42 Å². The van der Waals surface area contributed by atoms with Gasteiger partial charge in [-0.3, -0.25) is 9.59 Å². The summed E-state index contributed by atoms with van der Waals surface area (Å²) in [6.07, 6.45) is 3.66. The van der Waals surface area contributed by atoms with Crippen LogP contribution in [0.2, 0.25) is 0 Å². The summed E-state index contributed by atoms with van der Waals surface area (Å²) in [5.41, 5.74) is 2.23. The number of ketones is 1. The SMILES string of the molecule is O=C(Cc1cccs1)Nc1cccc(C=CC(=O)c2ccccc2)c1. The lowest BCUT2D eigenvalue weighted by Crippen LogP contribution is -2.13. The lowest BCUT2D eigenvalue weighted by molar-refractivity contribution is -0.115. The number of hydrogen-bond acceptors (Lipinski definition) is 3. The van der Waals surface area contributed by atoms with Crippen LogP contribution in [0.15, 0.2) is 78.2 Å². The maximum atomic E-state index is 12.1. The maximum absolute atomic E-state index is 12.1. The van der Waals surface area contributed by atoms with Gasteiger partial charge in [-0.2, -0.15) is 0 Å². The van der Waals surface area contributed by atoms with Crippen molar-refractivity contribution in [3.63, 3.8) is 0 Å². The standard InChI is InChI=1S/C21H17NO2S/c23-20(17-7-2-1-3-8-17)12-11-16-6-4-9-18(14-16)22-21(24)15-19-10-5-13-25-19/h1-14H,15H2,(H,22,24). The molecule has 0 radical (unpaired) electrons. The van der Waals surface area contributed by atoms with Gasteiger partial charge in [0.25, 0.3) is 0 Å². The number of carbonyl (C=O) groups is 2. The van der Waals surface area contributed by atoms with Crippen LogP contribution >= 0.6 is 11.3 Å². The van der Waals surface area contributed by atoms with Crippen molar-refractivity contribution in [3.8, 4) is 0 Å². The number of anilines is 1. The Morgan fingerprint density at radius 3 is 2.56 bits per heavy atom. The fraction of sp³-hybridized carbons (Fsp3) is 0.0476. The second-order valence-electron chi connectivity index (χ2n) is 5.49. The minimum atomic E-state index is -0.0519. The Labute approximate surface area is 150 Å². The second kappa shape index (κ2) is 8.22. The number of amides is 1. The highest BCUT2D eigenvalue weighted by Crippen LogP contribution is 2.15. The van der Waals surface area contributed by atoms with E-state index in [9.17, 15) is 9.59 Å². The van der Waals surface area contributed by atoms with Crippen LogP contribution in [-0.4, -0.2) is 11.7 Å². The molecular formula is C21H17NO2S. The molecule has 0 fully saturated rings. The molecule has 0 unspecified atom stereocenters. The fourth-order valence-electron chi connectivity index (χ4n) is 2.37. The number of thiophene rings is 1. The highest BCUT2D eigenvalue weighted by atomic mass is 32.1. The van der Waals surface area contributed by atoms with Crippen LogP contribution in [0, 0.1) is 0 Å². The summed E-state index contributed by atoms with van der Waals surface area (Å²) in [5, 5.41) is 4.84. The van der Waals surface area contributed by atoms with Gasteiger partial charge in [-0.05, 0) is 35.2 Å². The first-order valence-corrected chi connectivity index (χ1v) is 8.78. The molecule has 1 heterocycles. The van der Waals surface area contributed by atoms with Crippen LogP contribution in [0.25, 0.3) is 6.08 Å². The predicted octanol–water partition coefficient (Wildman–Crippen LogP) is 4.83. The van der Waals surface area contributed by atoms with Crippen LogP contribution in [0.3, 0.4) is 0 Å². The first-order valence-electron chi connectivity index (χ1n) is 7.90. The quantitative estimate of drug-likeness (QED) is 0.513. The maximum Gasteiger partial charge on any atom is 0.229 e. The predicted molar refractivity (Wildman–Crippen MR) is 103 cm³/mol. The van der Waals surface area contributed by atoms with Crippen LogP contribution < -0.4 is 5.32 Å². The van der Waals surface area contributed by atoms with Gasteiger partial charge in [-0.15, -0.1) is 11.3 Å². The monoisotopic (exact) mass is 347 g/mol. The van der Waals surface area contributed by atoms with E-state index in [0.717, 1.165) is 16.1 Å². The van der Waals surface area contributed by atoms with E-state index < -0.39 is 0 Å². The van der Waals surface area contributed by atoms with Crippen molar-refractivity contribution in [1.82, 2.24) is 0 Å². The van der Waals surface area contributed by atoms with Crippen molar-refractivity contribution in [3.05, 3.63) is 94.2 Å². The Hall–Kier alpha value is -2.98. The van der Waals surface area contributed by atoms with Crippen LogP contribution in [0.4, 0.5) is 5.69 Å². The number of benzene rings is 2. The number of nitrogens with one attached hydrogen (secondary N) is 1. The molecule has 124 valence electrons. The lowest BCUT2D eigenvalue weighted by Gasteiger charge is -2.05. The van der Waals surface area contributed by atoms with Crippen molar-refractivity contribution in [2.45, 2.75) is 6.42 Å². The van der Waals surface area contributed by atoms with Crippen molar-refractivity contribution >= 4 is 34.8 Å². The van der Waals surface area contributed by atoms with Gasteiger partial charge in [-0.25, -0.2) is 0 Å². The topological polar surface area (TPSA) is 46.2 Å². The third-order valence-electron chi connectivity index (χ3n) is 3.57. The van der Waals surface area contributed by atoms with Crippen molar-refractivity contribution in [2.24, 2.45) is 0 Å². The van der Waals surface area contributed by atoms with E-state index >= 15 is 0 Å². The summed E-state index contributed by atoms with van der Waals surface area (Å²) in [6.45, 7) is 0. The molecule has 25 heavy (non-hydrogen) atoms. The molecule has 2 aromatic carbocycles. The Balaban J connectivity index is 1.64. The molecule has 0 aliphatic carbocycles. The summed E-state index contributed by atoms with van der Waals surface area (Å²) in [6, 6.07) is 20.4. The van der Waals surface area contributed by atoms with Gasteiger partial charge in [0, 0.05) is 16.1 Å². The second-order valence-corrected chi connectivity index (χ2v) is 6.53. The summed E-state index contributed by atoms with van der Waals surface area (Å²) in [5.74, 6) is -0.100. The molecule has 4 heteroatoms. The third kappa shape index (κ3) is 4.99. The highest BCUT2D eigenvalue weighted by Gasteiger charge is 2.05. The largest absolute Gasteiger partial charge is 0.326 e. The summed E-state index contributed by atoms with van der Waals surface area (Å²) < 4.78 is 0. The van der Waals surface area contributed by atoms with E-state index in [1.54, 1.807) is 35.6 Å². The van der Waals surface area contributed by atoms with Crippen molar-refractivity contribution < 1.29 is 9.59 Å². The zero-order valence-electron chi connectivity index (χ0n) is 13.5. The minimum Gasteiger partial charge on any atom is -0.326 e. The van der Waals surface area contributed by atoms with Gasteiger partial charge in [-0.1, -0.05) is 54.6 Å². The van der Waals surface area contributed by atoms with Crippen LogP contribution in [0.1, 0.15) is 20.8 Å². The van der Waals surface area contributed by atoms with Gasteiger partial charge in [0.15, 0.2) is 5.78 Å². The molecule has 0 aliphatic rings. The van der Waals surface area contributed by atoms with Crippen molar-refractivity contribution in [1.29, 1.82) is 0 Å². The fourth-order valence-corrected chi connectivity index (χ4v) is 3.07. The van der Waals surface area contributed by atoms with E-state index in [0.29, 0.717) is 12.0 Å². The molecule has 0 saturated heterocycles. The molecule has 0 saturated carbocycles. The Bertz CT molecular complexity index is 883. The molecule has 0 atom stereocenters. The average Bonchev–Trinajstić information content (AvgIpc) is 3.13. The zero-order valence-corrected chi connectivity index (χ0v) is 14.3. The Kier molecular flexibility index (Phi) is 5.54. The first-order chi connectivity index (χ1) is 12.2. The normalized spacial score (nSPS) is 10.7. The van der Waals surface area contributed by atoms with Crippen LogP contribution in [0.5, 0.6) is 0 Å². The van der Waals surface area contributed by atoms with E-state index in [4.69, 9.17) is 0 Å². The summed E-state index contributed by atoms with van der Waals surface area (Å²) in [4.78, 5) is 25.2. The molecular weight excluding hydrogens is 330 g/mol. The number of allylic oxidation sites excluding steroid dienone is 1. The van der Waals surface area contributed by atoms with E-state index in [1.807, 2.05) is 60.0 Å². The summed E-state index contributed by atoms with van der Waals surface area (Å²) >= 11 is 1.56. The molecule has 0 bridgehead atoms. The van der Waals surface area contributed by atoms with Crippen LogP contribution in [-0.2, 0) is 11.2 Å². The Morgan fingerprint density at radius 2 is 1.80 bits per heavy atom. The lowest BCUT2D eigenvalue weighted by atomic mass is 10.1. The molecule has 1 N–H and O–H groups in total. The first kappa shape index (κ1) is 16.9. The molecule has 0 aliphatic heterocycles. The van der Waals surface area contributed by atoms with Gasteiger partial charge < -0.3 is 5.32 Å².